The van der Waals surface area contributed by atoms with E-state index in [0.717, 1.165) is 17.7 Å². The highest BCUT2D eigenvalue weighted by molar-refractivity contribution is 5.54. The predicted octanol–water partition coefficient (Wildman–Crippen LogP) is 2.57. The van der Waals surface area contributed by atoms with Crippen molar-refractivity contribution >= 4 is 11.9 Å². The number of aromatic nitrogens is 1. The van der Waals surface area contributed by atoms with E-state index < -0.39 is 0 Å². The molecule has 0 bridgehead atoms. The highest BCUT2D eigenvalue weighted by Crippen LogP contribution is 2.18. The molecule has 3 N–H and O–H groups in total. The summed E-state index contributed by atoms with van der Waals surface area (Å²) in [5.74, 6) is -0.109. The Kier molecular flexibility index (Phi) is 4.63. The number of pyridine rings is 1. The summed E-state index contributed by atoms with van der Waals surface area (Å²) in [5, 5.41) is 2.99. The van der Waals surface area contributed by atoms with Crippen molar-refractivity contribution in [2.45, 2.75) is 39.3 Å². The average Bonchev–Trinajstić information content (AvgIpc) is 2.30. The molecule has 0 saturated carbocycles. The van der Waals surface area contributed by atoms with Gasteiger partial charge in [-0.2, -0.15) is 0 Å². The molecule has 1 aromatic rings. The summed E-state index contributed by atoms with van der Waals surface area (Å²) in [6.07, 6.45) is 2.36. The first-order chi connectivity index (χ1) is 7.99. The molecule has 94 valence electrons. The van der Waals surface area contributed by atoms with Crippen LogP contribution >= 0.6 is 0 Å². The van der Waals surface area contributed by atoms with Gasteiger partial charge < -0.3 is 11.1 Å². The molecule has 0 amide bonds. The highest BCUT2D eigenvalue weighted by Gasteiger charge is 2.13. The number of nitrogens with one attached hydrogen (secondary N) is 1. The van der Waals surface area contributed by atoms with Crippen LogP contribution in [0.1, 0.15) is 32.0 Å². The van der Waals surface area contributed by atoms with Gasteiger partial charge in [-0.05, 0) is 31.9 Å². The van der Waals surface area contributed by atoms with E-state index in [1.807, 2.05) is 20.8 Å². The molecule has 2 unspecified atom stereocenters. The van der Waals surface area contributed by atoms with Gasteiger partial charge in [-0.3, -0.25) is 0 Å². The van der Waals surface area contributed by atoms with Gasteiger partial charge in [0.1, 0.15) is 0 Å². The summed E-state index contributed by atoms with van der Waals surface area (Å²) in [5.41, 5.74) is 7.31. The minimum atomic E-state index is -0.371. The lowest BCUT2D eigenvalue weighted by Crippen LogP contribution is -2.35. The Morgan fingerprint density at radius 1 is 1.59 bits per heavy atom. The quantitative estimate of drug-likeness (QED) is 0.827. The molecule has 17 heavy (non-hydrogen) atoms. The van der Waals surface area contributed by atoms with E-state index in [1.165, 1.54) is 6.07 Å². The minimum absolute atomic E-state index is 0.0312. The van der Waals surface area contributed by atoms with Gasteiger partial charge in [0.2, 0.25) is 0 Å². The summed E-state index contributed by atoms with van der Waals surface area (Å²) >= 11 is 0. The van der Waals surface area contributed by atoms with Gasteiger partial charge in [-0.15, -0.1) is 0 Å². The number of hydrogen-bond acceptors (Lipinski definition) is 3. The Morgan fingerprint density at radius 2 is 2.24 bits per heavy atom. The van der Waals surface area contributed by atoms with E-state index in [1.54, 1.807) is 6.08 Å². The van der Waals surface area contributed by atoms with Crippen LogP contribution in [-0.2, 0) is 6.42 Å². The molecule has 0 aliphatic rings. The van der Waals surface area contributed by atoms with Crippen molar-refractivity contribution in [3.05, 3.63) is 29.7 Å². The fourth-order valence-corrected chi connectivity index (χ4v) is 1.45. The van der Waals surface area contributed by atoms with E-state index >= 15 is 0 Å². The molecule has 1 rings (SSSR count). The molecule has 0 aliphatic heterocycles. The standard InChI is InChI=1S/C13H20FN3/c1-5-10-7-11(14)13(17-12(10)6-2)16-9(4)8(3)15/h5,7-9H,1,6,15H2,2-4H3,(H,16,17). The maximum Gasteiger partial charge on any atom is 0.166 e. The zero-order chi connectivity index (χ0) is 13.0. The van der Waals surface area contributed by atoms with Crippen LogP contribution in [0.25, 0.3) is 6.08 Å². The van der Waals surface area contributed by atoms with Crippen LogP contribution < -0.4 is 11.1 Å². The predicted molar refractivity (Wildman–Crippen MR) is 70.4 cm³/mol. The molecule has 1 aromatic heterocycles. The lowest BCUT2D eigenvalue weighted by Gasteiger charge is -2.19. The molecule has 4 heteroatoms. The van der Waals surface area contributed by atoms with Gasteiger partial charge >= 0.3 is 0 Å². The fraction of sp³-hybridized carbons (Fsp3) is 0.462. The van der Waals surface area contributed by atoms with E-state index in [9.17, 15) is 4.39 Å². The molecule has 0 aromatic carbocycles. The zero-order valence-electron chi connectivity index (χ0n) is 10.6. The van der Waals surface area contributed by atoms with Crippen molar-refractivity contribution in [1.29, 1.82) is 0 Å². The topological polar surface area (TPSA) is 50.9 Å². The lowest BCUT2D eigenvalue weighted by molar-refractivity contribution is 0.599. The number of rotatable bonds is 5. The van der Waals surface area contributed by atoms with Crippen LogP contribution in [0.2, 0.25) is 0 Å². The Bertz CT molecular complexity index is 402. The van der Waals surface area contributed by atoms with Crippen molar-refractivity contribution in [2.24, 2.45) is 5.73 Å². The third-order valence-corrected chi connectivity index (χ3v) is 2.80. The van der Waals surface area contributed by atoms with Crippen molar-refractivity contribution in [1.82, 2.24) is 4.98 Å². The van der Waals surface area contributed by atoms with Crippen molar-refractivity contribution in [2.75, 3.05) is 5.32 Å². The summed E-state index contributed by atoms with van der Waals surface area (Å²) in [6, 6.07) is 1.35. The minimum Gasteiger partial charge on any atom is -0.364 e. The summed E-state index contributed by atoms with van der Waals surface area (Å²) in [4.78, 5) is 4.27. The maximum absolute atomic E-state index is 13.8. The zero-order valence-corrected chi connectivity index (χ0v) is 10.6. The molecule has 0 saturated heterocycles. The Hall–Kier alpha value is -1.42. The third kappa shape index (κ3) is 3.27. The first-order valence-electron chi connectivity index (χ1n) is 5.83. The number of anilines is 1. The van der Waals surface area contributed by atoms with Crippen LogP contribution in [0.4, 0.5) is 10.2 Å². The van der Waals surface area contributed by atoms with Crippen LogP contribution in [0.15, 0.2) is 12.6 Å². The fourth-order valence-electron chi connectivity index (χ4n) is 1.45. The van der Waals surface area contributed by atoms with Gasteiger partial charge in [0, 0.05) is 17.8 Å². The van der Waals surface area contributed by atoms with Crippen molar-refractivity contribution in [3.8, 4) is 0 Å². The molecule has 3 nitrogen and oxygen atoms in total. The first-order valence-corrected chi connectivity index (χ1v) is 5.83. The Labute approximate surface area is 102 Å². The summed E-state index contributed by atoms with van der Waals surface area (Å²) in [6.45, 7) is 9.40. The number of aryl methyl sites for hydroxylation is 1. The van der Waals surface area contributed by atoms with Crippen LogP contribution in [-0.4, -0.2) is 17.1 Å². The smallest absolute Gasteiger partial charge is 0.166 e. The summed E-state index contributed by atoms with van der Waals surface area (Å²) < 4.78 is 13.8. The van der Waals surface area contributed by atoms with Gasteiger partial charge in [-0.25, -0.2) is 9.37 Å². The van der Waals surface area contributed by atoms with Crippen LogP contribution in [0.5, 0.6) is 0 Å². The number of halogens is 1. The molecule has 0 aliphatic carbocycles. The average molecular weight is 237 g/mol. The molecular formula is C13H20FN3. The Balaban J connectivity index is 3.04. The van der Waals surface area contributed by atoms with Gasteiger partial charge in [-0.1, -0.05) is 19.6 Å². The monoisotopic (exact) mass is 237 g/mol. The van der Waals surface area contributed by atoms with E-state index in [-0.39, 0.29) is 23.7 Å². The second-order valence-corrected chi connectivity index (χ2v) is 4.20. The molecule has 0 radical (unpaired) electrons. The highest BCUT2D eigenvalue weighted by atomic mass is 19.1. The van der Waals surface area contributed by atoms with E-state index in [4.69, 9.17) is 5.73 Å². The second-order valence-electron chi connectivity index (χ2n) is 4.20. The number of nitrogens with zero attached hydrogens (tertiary/aromatic N) is 1. The number of hydrogen-bond donors (Lipinski definition) is 2. The largest absolute Gasteiger partial charge is 0.364 e. The molecule has 0 fully saturated rings. The Morgan fingerprint density at radius 3 is 2.71 bits per heavy atom. The van der Waals surface area contributed by atoms with Crippen LogP contribution in [0.3, 0.4) is 0 Å². The van der Waals surface area contributed by atoms with E-state index in [2.05, 4.69) is 16.9 Å². The molecule has 2 atom stereocenters. The van der Waals surface area contributed by atoms with Gasteiger partial charge in [0.25, 0.3) is 0 Å². The van der Waals surface area contributed by atoms with Gasteiger partial charge in [0.15, 0.2) is 11.6 Å². The van der Waals surface area contributed by atoms with E-state index in [0.29, 0.717) is 0 Å². The number of nitrogens with two attached hydrogens (primary N) is 1. The van der Waals surface area contributed by atoms with Crippen molar-refractivity contribution < 1.29 is 4.39 Å². The maximum atomic E-state index is 13.8. The molecule has 1 heterocycles. The van der Waals surface area contributed by atoms with Gasteiger partial charge in [0.05, 0.1) is 0 Å². The SMILES string of the molecule is C=Cc1cc(F)c(NC(C)C(C)N)nc1CC. The first kappa shape index (κ1) is 13.6. The lowest BCUT2D eigenvalue weighted by atomic mass is 10.1. The summed E-state index contributed by atoms with van der Waals surface area (Å²) in [7, 11) is 0. The van der Waals surface area contributed by atoms with Crippen LogP contribution in [0, 0.1) is 5.82 Å². The third-order valence-electron chi connectivity index (χ3n) is 2.80. The van der Waals surface area contributed by atoms with Crippen molar-refractivity contribution in [3.63, 3.8) is 0 Å². The second kappa shape index (κ2) is 5.77. The normalized spacial score (nSPS) is 14.2. The molecular weight excluding hydrogens is 217 g/mol. The molecule has 0 spiro atoms.